The highest BCUT2D eigenvalue weighted by atomic mass is 19.1. The van der Waals surface area contributed by atoms with Gasteiger partial charge in [0.25, 0.3) is 11.6 Å². The van der Waals surface area contributed by atoms with Crippen LogP contribution in [0.2, 0.25) is 0 Å². The molecule has 0 aromatic heterocycles. The minimum absolute atomic E-state index is 0.115. The van der Waals surface area contributed by atoms with E-state index in [2.05, 4.69) is 5.32 Å². The molecule has 0 unspecified atom stereocenters. The third-order valence-corrected chi connectivity index (χ3v) is 4.31. The number of amides is 1. The first kappa shape index (κ1) is 16.9. The van der Waals surface area contributed by atoms with Crippen LogP contribution in [0.3, 0.4) is 0 Å². The molecule has 1 amide bonds. The molecule has 2 aromatic carbocycles. The molecule has 0 bridgehead atoms. The van der Waals surface area contributed by atoms with Crippen molar-refractivity contribution in [2.45, 2.75) is 18.9 Å². The molecule has 25 heavy (non-hydrogen) atoms. The van der Waals surface area contributed by atoms with Crippen molar-refractivity contribution in [1.29, 1.82) is 0 Å². The number of nitrogens with zero attached hydrogens (tertiary/aromatic N) is 2. The summed E-state index contributed by atoms with van der Waals surface area (Å²) in [6, 6.07) is 12.4. The fourth-order valence-electron chi connectivity index (χ4n) is 3.02. The number of carbonyl (C=O) groups is 1. The van der Waals surface area contributed by atoms with Crippen LogP contribution >= 0.6 is 0 Å². The highest BCUT2D eigenvalue weighted by Crippen LogP contribution is 2.23. The zero-order valence-electron chi connectivity index (χ0n) is 13.5. The van der Waals surface area contributed by atoms with Gasteiger partial charge in [0.15, 0.2) is 0 Å². The molecule has 6 nitrogen and oxygen atoms in total. The number of hydrogen-bond donors (Lipinski definition) is 1. The van der Waals surface area contributed by atoms with Gasteiger partial charge in [-0.2, -0.15) is 0 Å². The number of piperidine rings is 1. The van der Waals surface area contributed by atoms with Crippen molar-refractivity contribution in [2.24, 2.45) is 0 Å². The molecule has 130 valence electrons. The first-order valence-electron chi connectivity index (χ1n) is 8.09. The van der Waals surface area contributed by atoms with Crippen molar-refractivity contribution in [1.82, 2.24) is 4.90 Å². The number of anilines is 1. The minimum Gasteiger partial charge on any atom is -0.382 e. The zero-order valence-corrected chi connectivity index (χ0v) is 13.5. The lowest BCUT2D eigenvalue weighted by molar-refractivity contribution is -0.385. The van der Waals surface area contributed by atoms with E-state index >= 15 is 0 Å². The highest BCUT2D eigenvalue weighted by molar-refractivity contribution is 5.98. The number of likely N-dealkylation sites (tertiary alicyclic amines) is 1. The summed E-state index contributed by atoms with van der Waals surface area (Å²) >= 11 is 0. The Balaban J connectivity index is 1.62. The number of halogens is 1. The largest absolute Gasteiger partial charge is 0.382 e. The molecule has 1 heterocycles. The Labute approximate surface area is 144 Å². The van der Waals surface area contributed by atoms with Crippen LogP contribution in [0.5, 0.6) is 0 Å². The average Bonchev–Trinajstić information content (AvgIpc) is 2.62. The van der Waals surface area contributed by atoms with Crippen LogP contribution in [0.4, 0.5) is 15.8 Å². The number of nitrogens with one attached hydrogen (secondary N) is 1. The molecule has 3 rings (SSSR count). The summed E-state index contributed by atoms with van der Waals surface area (Å²) in [5.74, 6) is -0.620. The molecule has 1 saturated heterocycles. The van der Waals surface area contributed by atoms with Crippen molar-refractivity contribution < 1.29 is 14.1 Å². The molecular weight excluding hydrogens is 325 g/mol. The second-order valence-electron chi connectivity index (χ2n) is 6.00. The summed E-state index contributed by atoms with van der Waals surface area (Å²) in [4.78, 5) is 24.8. The fourth-order valence-corrected chi connectivity index (χ4v) is 3.02. The summed E-state index contributed by atoms with van der Waals surface area (Å²) < 4.78 is 13.2. The first-order chi connectivity index (χ1) is 12.0. The predicted molar refractivity (Wildman–Crippen MR) is 92.0 cm³/mol. The summed E-state index contributed by atoms with van der Waals surface area (Å²) in [6.45, 7) is 0.996. The van der Waals surface area contributed by atoms with Gasteiger partial charge in [-0.05, 0) is 37.1 Å². The minimum atomic E-state index is -0.536. The second kappa shape index (κ2) is 7.29. The lowest BCUT2D eigenvalue weighted by Gasteiger charge is -2.32. The molecular formula is C18H18FN3O3. The molecule has 2 aromatic rings. The van der Waals surface area contributed by atoms with Gasteiger partial charge in [-0.15, -0.1) is 0 Å². The van der Waals surface area contributed by atoms with Crippen LogP contribution in [0.15, 0.2) is 48.5 Å². The van der Waals surface area contributed by atoms with E-state index in [4.69, 9.17) is 0 Å². The SMILES string of the molecule is O=C(c1ccccc1[N+](=O)[O-])N1CCC(Nc2cccc(F)c2)CC1. The maximum atomic E-state index is 13.2. The highest BCUT2D eigenvalue weighted by Gasteiger charge is 2.27. The Morgan fingerprint density at radius 3 is 2.56 bits per heavy atom. The quantitative estimate of drug-likeness (QED) is 0.681. The van der Waals surface area contributed by atoms with E-state index in [9.17, 15) is 19.3 Å². The van der Waals surface area contributed by atoms with Gasteiger partial charge in [-0.1, -0.05) is 18.2 Å². The van der Waals surface area contributed by atoms with Gasteiger partial charge in [0.05, 0.1) is 4.92 Å². The lowest BCUT2D eigenvalue weighted by atomic mass is 10.0. The van der Waals surface area contributed by atoms with Gasteiger partial charge in [0, 0.05) is 30.9 Å². The van der Waals surface area contributed by atoms with Crippen LogP contribution in [0.25, 0.3) is 0 Å². The molecule has 0 atom stereocenters. The molecule has 1 aliphatic rings. The number of rotatable bonds is 4. The smallest absolute Gasteiger partial charge is 0.282 e. The van der Waals surface area contributed by atoms with Gasteiger partial charge in [-0.3, -0.25) is 14.9 Å². The zero-order chi connectivity index (χ0) is 17.8. The van der Waals surface area contributed by atoms with Crippen molar-refractivity contribution in [2.75, 3.05) is 18.4 Å². The molecule has 1 N–H and O–H groups in total. The predicted octanol–water partition coefficient (Wildman–Crippen LogP) is 3.45. The maximum absolute atomic E-state index is 13.2. The van der Waals surface area contributed by atoms with Gasteiger partial charge < -0.3 is 10.2 Å². The first-order valence-corrected chi connectivity index (χ1v) is 8.09. The average molecular weight is 343 g/mol. The standard InChI is InChI=1S/C18H18FN3O3/c19-13-4-3-5-15(12-13)20-14-8-10-21(11-9-14)18(23)16-6-1-2-7-17(16)22(24)25/h1-7,12,14,20H,8-11H2. The summed E-state index contributed by atoms with van der Waals surface area (Å²) in [5, 5.41) is 14.4. The number of para-hydroxylation sites is 1. The Morgan fingerprint density at radius 1 is 1.16 bits per heavy atom. The van der Waals surface area contributed by atoms with Crippen LogP contribution in [0, 0.1) is 15.9 Å². The van der Waals surface area contributed by atoms with E-state index in [1.165, 1.54) is 24.3 Å². The lowest BCUT2D eigenvalue weighted by Crippen LogP contribution is -2.42. The Hall–Kier alpha value is -2.96. The van der Waals surface area contributed by atoms with Crippen LogP contribution in [-0.2, 0) is 0 Å². The summed E-state index contributed by atoms with van der Waals surface area (Å²) in [5.41, 5.74) is 0.653. The topological polar surface area (TPSA) is 75.5 Å². The van der Waals surface area contributed by atoms with Crippen molar-refractivity contribution in [3.8, 4) is 0 Å². The van der Waals surface area contributed by atoms with Gasteiger partial charge >= 0.3 is 0 Å². The van der Waals surface area contributed by atoms with E-state index in [0.29, 0.717) is 31.6 Å². The van der Waals surface area contributed by atoms with Crippen molar-refractivity contribution in [3.63, 3.8) is 0 Å². The van der Waals surface area contributed by atoms with E-state index < -0.39 is 4.92 Å². The van der Waals surface area contributed by atoms with E-state index in [0.717, 1.165) is 0 Å². The normalized spacial score (nSPS) is 15.0. The molecule has 1 aliphatic heterocycles. The Morgan fingerprint density at radius 2 is 1.88 bits per heavy atom. The van der Waals surface area contributed by atoms with Crippen LogP contribution in [0.1, 0.15) is 23.2 Å². The fraction of sp³-hybridized carbons (Fsp3) is 0.278. The molecule has 1 fully saturated rings. The monoisotopic (exact) mass is 343 g/mol. The maximum Gasteiger partial charge on any atom is 0.282 e. The van der Waals surface area contributed by atoms with Crippen LogP contribution in [-0.4, -0.2) is 34.9 Å². The number of benzene rings is 2. The third-order valence-electron chi connectivity index (χ3n) is 4.31. The van der Waals surface area contributed by atoms with Crippen LogP contribution < -0.4 is 5.32 Å². The summed E-state index contributed by atoms with van der Waals surface area (Å²) in [7, 11) is 0. The van der Waals surface area contributed by atoms with E-state index in [1.54, 1.807) is 29.2 Å². The number of hydrogen-bond acceptors (Lipinski definition) is 4. The van der Waals surface area contributed by atoms with Crippen molar-refractivity contribution >= 4 is 17.3 Å². The Bertz CT molecular complexity index is 789. The Kier molecular flexibility index (Phi) is 4.92. The van der Waals surface area contributed by atoms with Gasteiger partial charge in [-0.25, -0.2) is 4.39 Å². The number of nitro benzene ring substituents is 1. The number of carbonyl (C=O) groups excluding carboxylic acids is 1. The molecule has 0 spiro atoms. The van der Waals surface area contributed by atoms with E-state index in [-0.39, 0.29) is 29.0 Å². The third kappa shape index (κ3) is 3.93. The number of nitro groups is 1. The molecule has 7 heteroatoms. The van der Waals surface area contributed by atoms with Gasteiger partial charge in [0.2, 0.25) is 0 Å². The molecule has 0 radical (unpaired) electrons. The summed E-state index contributed by atoms with van der Waals surface area (Å²) in [6.07, 6.45) is 1.39. The van der Waals surface area contributed by atoms with E-state index in [1.807, 2.05) is 0 Å². The molecule has 0 saturated carbocycles. The van der Waals surface area contributed by atoms with Crippen molar-refractivity contribution in [3.05, 3.63) is 70.0 Å². The van der Waals surface area contributed by atoms with Gasteiger partial charge in [0.1, 0.15) is 11.4 Å². The molecule has 0 aliphatic carbocycles. The second-order valence-corrected chi connectivity index (χ2v) is 6.00.